The van der Waals surface area contributed by atoms with Crippen LogP contribution in [0.1, 0.15) is 12.1 Å². The zero-order chi connectivity index (χ0) is 18.4. The molecule has 3 heterocycles. The van der Waals surface area contributed by atoms with Crippen molar-refractivity contribution in [2.24, 2.45) is 10.9 Å². The fourth-order valence-corrected chi connectivity index (χ4v) is 2.74. The number of allylic oxidation sites excluding steroid dienone is 2. The number of nitrogens with one attached hydrogen (secondary N) is 1. The van der Waals surface area contributed by atoms with Crippen molar-refractivity contribution in [1.82, 2.24) is 9.97 Å². The van der Waals surface area contributed by atoms with Crippen LogP contribution in [0.15, 0.2) is 41.6 Å². The van der Waals surface area contributed by atoms with Gasteiger partial charge in [0.1, 0.15) is 17.8 Å². The molecule has 0 unspecified atom stereocenters. The number of alkyl halides is 1. The number of anilines is 2. The second-order valence-electron chi connectivity index (χ2n) is 6.21. The third-order valence-electron chi connectivity index (χ3n) is 4.28. The number of carbonyl (C=O) groups is 2. The number of hydrogen-bond donors (Lipinski definition) is 2. The lowest BCUT2D eigenvalue weighted by Crippen LogP contribution is -2.15. The molecule has 7 nitrogen and oxygen atoms in total. The Labute approximate surface area is 147 Å². The van der Waals surface area contributed by atoms with E-state index in [-0.39, 0.29) is 12.2 Å². The smallest absolute Gasteiger partial charge is 0.270 e. The van der Waals surface area contributed by atoms with Crippen molar-refractivity contribution in [3.05, 3.63) is 42.3 Å². The molecule has 0 saturated heterocycles. The Balaban J connectivity index is 1.71. The van der Waals surface area contributed by atoms with Gasteiger partial charge in [0.05, 0.1) is 11.6 Å². The van der Waals surface area contributed by atoms with Gasteiger partial charge in [-0.3, -0.25) is 9.59 Å². The van der Waals surface area contributed by atoms with E-state index in [4.69, 9.17) is 5.73 Å². The fraction of sp³-hybridized carbons (Fsp3) is 0.167. The molecule has 2 aliphatic rings. The van der Waals surface area contributed by atoms with Crippen LogP contribution < -0.4 is 11.1 Å². The second-order valence-corrected chi connectivity index (χ2v) is 6.21. The number of fused-ring (bicyclic) bond motifs is 1. The molecular weight excluding hydrogens is 337 g/mol. The lowest BCUT2D eigenvalue weighted by Gasteiger charge is -2.12. The summed E-state index contributed by atoms with van der Waals surface area (Å²) in [5.74, 6) is -0.867. The molecule has 2 aromatic heterocycles. The summed E-state index contributed by atoms with van der Waals surface area (Å²) in [6.45, 7) is 3.85. The van der Waals surface area contributed by atoms with Crippen molar-refractivity contribution >= 4 is 46.0 Å². The first kappa shape index (κ1) is 16.1. The summed E-state index contributed by atoms with van der Waals surface area (Å²) in [7, 11) is 0. The summed E-state index contributed by atoms with van der Waals surface area (Å²) in [4.78, 5) is 35.5. The Hall–Kier alpha value is -3.42. The molecular formula is C18H14FN5O2. The highest BCUT2D eigenvalue weighted by molar-refractivity contribution is 6.15. The van der Waals surface area contributed by atoms with E-state index in [9.17, 15) is 14.0 Å². The van der Waals surface area contributed by atoms with Crippen molar-refractivity contribution in [1.29, 1.82) is 0 Å². The minimum Gasteiger partial charge on any atom is -0.383 e. The number of pyridine rings is 2. The third-order valence-corrected chi connectivity index (χ3v) is 4.28. The standard InChI is InChI=1S/C18H14FN5O2/c1-8-6-22-16(25)5-10(8)14-2-9-3-15(21-7-12(9)17(20)23-14)24-18(26)11-4-13(11)19/h2-3,5-7,11,13H,1,4H2,(H2,20,23)(H,21,24,26)/t11-,13+/m1/s1. The Morgan fingerprint density at radius 3 is 2.88 bits per heavy atom. The number of dihydropyridines is 1. The number of carbonyl (C=O) groups excluding carboxylic acids is 2. The van der Waals surface area contributed by atoms with Crippen LogP contribution in [0.4, 0.5) is 16.0 Å². The molecule has 1 saturated carbocycles. The van der Waals surface area contributed by atoms with Gasteiger partial charge in [0.15, 0.2) is 0 Å². The van der Waals surface area contributed by atoms with E-state index in [0.29, 0.717) is 33.4 Å². The van der Waals surface area contributed by atoms with Gasteiger partial charge in [0.25, 0.3) is 5.91 Å². The summed E-state index contributed by atoms with van der Waals surface area (Å²) in [6, 6.07) is 3.36. The molecule has 4 rings (SSSR count). The monoisotopic (exact) mass is 351 g/mol. The van der Waals surface area contributed by atoms with Crippen LogP contribution in [-0.2, 0) is 9.59 Å². The van der Waals surface area contributed by atoms with Crippen LogP contribution in [0.5, 0.6) is 0 Å². The number of hydrogen-bond acceptors (Lipinski definition) is 5. The van der Waals surface area contributed by atoms with Gasteiger partial charge in [0, 0.05) is 29.4 Å². The minimum atomic E-state index is -1.08. The average molecular weight is 351 g/mol. The first-order valence-corrected chi connectivity index (χ1v) is 7.93. The van der Waals surface area contributed by atoms with Crippen molar-refractivity contribution in [2.45, 2.75) is 12.6 Å². The fourth-order valence-electron chi connectivity index (χ4n) is 2.74. The molecule has 130 valence electrons. The number of aliphatic imine (C=N–C) groups is 1. The van der Waals surface area contributed by atoms with Crippen molar-refractivity contribution in [3.8, 4) is 0 Å². The Morgan fingerprint density at radius 1 is 1.38 bits per heavy atom. The maximum atomic E-state index is 13.0. The number of halogens is 1. The Morgan fingerprint density at radius 2 is 2.15 bits per heavy atom. The SMILES string of the molecule is C=C1C=NC(=O)C=C1c1cc2cc(NC(=O)[C@@H]3C[C@@H]3F)ncc2c(N)n1. The largest absolute Gasteiger partial charge is 0.383 e. The molecule has 2 aromatic rings. The van der Waals surface area contributed by atoms with Crippen LogP contribution in [0, 0.1) is 5.92 Å². The highest BCUT2D eigenvalue weighted by atomic mass is 19.1. The van der Waals surface area contributed by atoms with E-state index < -0.39 is 23.9 Å². The first-order chi connectivity index (χ1) is 12.4. The number of rotatable bonds is 3. The lowest BCUT2D eigenvalue weighted by atomic mass is 10.0. The molecule has 1 aliphatic heterocycles. The zero-order valence-corrected chi connectivity index (χ0v) is 13.6. The maximum Gasteiger partial charge on any atom is 0.270 e. The minimum absolute atomic E-state index is 0.234. The van der Waals surface area contributed by atoms with Crippen molar-refractivity contribution in [2.75, 3.05) is 11.1 Å². The van der Waals surface area contributed by atoms with Gasteiger partial charge < -0.3 is 11.1 Å². The third kappa shape index (κ3) is 2.85. The zero-order valence-electron chi connectivity index (χ0n) is 13.6. The normalized spacial score (nSPS) is 21.7. The van der Waals surface area contributed by atoms with Crippen molar-refractivity contribution in [3.63, 3.8) is 0 Å². The van der Waals surface area contributed by atoms with Gasteiger partial charge in [-0.25, -0.2) is 19.4 Å². The van der Waals surface area contributed by atoms with E-state index >= 15 is 0 Å². The van der Waals surface area contributed by atoms with Gasteiger partial charge in [-0.1, -0.05) is 6.58 Å². The van der Waals surface area contributed by atoms with Crippen LogP contribution in [0.3, 0.4) is 0 Å². The van der Waals surface area contributed by atoms with E-state index in [0.717, 1.165) is 0 Å². The van der Waals surface area contributed by atoms with Crippen LogP contribution >= 0.6 is 0 Å². The van der Waals surface area contributed by atoms with Crippen LogP contribution in [-0.4, -0.2) is 34.2 Å². The average Bonchev–Trinajstić information content (AvgIpc) is 3.33. The Bertz CT molecular complexity index is 1040. The summed E-state index contributed by atoms with van der Waals surface area (Å²) in [5.41, 5.74) is 7.54. The topological polar surface area (TPSA) is 110 Å². The van der Waals surface area contributed by atoms with Gasteiger partial charge >= 0.3 is 0 Å². The van der Waals surface area contributed by atoms with Crippen LogP contribution in [0.25, 0.3) is 16.3 Å². The van der Waals surface area contributed by atoms with Gasteiger partial charge in [0.2, 0.25) is 5.91 Å². The number of nitrogens with zero attached hydrogens (tertiary/aromatic N) is 3. The second kappa shape index (κ2) is 5.83. The molecule has 3 N–H and O–H groups in total. The van der Waals surface area contributed by atoms with Gasteiger partial charge in [-0.2, -0.15) is 0 Å². The molecule has 2 amide bonds. The van der Waals surface area contributed by atoms with Crippen LogP contribution in [0.2, 0.25) is 0 Å². The van der Waals surface area contributed by atoms with Gasteiger partial charge in [-0.05, 0) is 29.5 Å². The first-order valence-electron chi connectivity index (χ1n) is 7.93. The highest BCUT2D eigenvalue weighted by Crippen LogP contribution is 2.35. The number of aromatic nitrogens is 2. The highest BCUT2D eigenvalue weighted by Gasteiger charge is 2.43. The Kier molecular flexibility index (Phi) is 3.61. The number of nitrogens with two attached hydrogens (primary N) is 1. The summed E-state index contributed by atoms with van der Waals surface area (Å²) < 4.78 is 13.0. The molecule has 0 aromatic carbocycles. The van der Waals surface area contributed by atoms with E-state index in [2.05, 4.69) is 26.9 Å². The molecule has 1 aliphatic carbocycles. The summed E-state index contributed by atoms with van der Waals surface area (Å²) >= 11 is 0. The van der Waals surface area contributed by atoms with E-state index in [1.807, 2.05) is 0 Å². The molecule has 26 heavy (non-hydrogen) atoms. The number of nitrogen functional groups attached to an aromatic ring is 1. The molecule has 0 radical (unpaired) electrons. The van der Waals surface area contributed by atoms with Gasteiger partial charge in [-0.15, -0.1) is 0 Å². The summed E-state index contributed by atoms with van der Waals surface area (Å²) in [5, 5.41) is 3.88. The molecule has 8 heteroatoms. The lowest BCUT2D eigenvalue weighted by molar-refractivity contribution is -0.117. The predicted octanol–water partition coefficient (Wildman–Crippen LogP) is 2.06. The van der Waals surface area contributed by atoms with E-state index in [1.54, 1.807) is 12.1 Å². The van der Waals surface area contributed by atoms with Crippen molar-refractivity contribution < 1.29 is 14.0 Å². The van der Waals surface area contributed by atoms with E-state index in [1.165, 1.54) is 18.5 Å². The molecule has 1 fully saturated rings. The maximum absolute atomic E-state index is 13.0. The molecule has 0 spiro atoms. The molecule has 0 bridgehead atoms. The molecule has 2 atom stereocenters. The summed E-state index contributed by atoms with van der Waals surface area (Å²) in [6.07, 6.45) is 3.38. The quantitative estimate of drug-likeness (QED) is 0.879. The number of amides is 2. The predicted molar refractivity (Wildman–Crippen MR) is 96.2 cm³/mol.